The molecule has 2 N–H and O–H groups in total. The number of nitrogen functional groups attached to an aromatic ring is 1. The zero-order chi connectivity index (χ0) is 14.8. The molecule has 2 atom stereocenters. The number of hydrogen-bond donors (Lipinski definition) is 1. The summed E-state index contributed by atoms with van der Waals surface area (Å²) >= 11 is 0. The summed E-state index contributed by atoms with van der Waals surface area (Å²) in [6.45, 7) is 8.82. The van der Waals surface area contributed by atoms with Gasteiger partial charge in [-0.1, -0.05) is 13.8 Å². The lowest BCUT2D eigenvalue weighted by molar-refractivity contribution is 0.441. The van der Waals surface area contributed by atoms with Crippen LogP contribution in [0.4, 0.5) is 17.3 Å². The highest BCUT2D eigenvalue weighted by atomic mass is 15.3. The Kier molecular flexibility index (Phi) is 4.17. The first-order valence-electron chi connectivity index (χ1n) is 8.25. The lowest BCUT2D eigenvalue weighted by Crippen LogP contribution is -2.37. The molecule has 2 fully saturated rings. The van der Waals surface area contributed by atoms with Gasteiger partial charge in [-0.25, -0.2) is 9.97 Å². The van der Waals surface area contributed by atoms with Crippen LogP contribution in [0, 0.1) is 11.8 Å². The second kappa shape index (κ2) is 6.08. The van der Waals surface area contributed by atoms with Crippen molar-refractivity contribution in [1.29, 1.82) is 0 Å². The van der Waals surface area contributed by atoms with Gasteiger partial charge in [0.15, 0.2) is 11.6 Å². The van der Waals surface area contributed by atoms with Crippen molar-refractivity contribution in [2.45, 2.75) is 39.5 Å². The molecule has 1 aromatic heterocycles. The Hall–Kier alpha value is -1.52. The van der Waals surface area contributed by atoms with Crippen LogP contribution in [-0.2, 0) is 0 Å². The maximum atomic E-state index is 6.43. The summed E-state index contributed by atoms with van der Waals surface area (Å²) in [5.41, 5.74) is 7.19. The van der Waals surface area contributed by atoms with Gasteiger partial charge in [-0.2, -0.15) is 0 Å². The topological polar surface area (TPSA) is 58.3 Å². The molecular formula is C16H27N5. The van der Waals surface area contributed by atoms with Gasteiger partial charge in [-0.3, -0.25) is 0 Å². The zero-order valence-corrected chi connectivity index (χ0v) is 13.3. The van der Waals surface area contributed by atoms with Crippen LogP contribution in [0.25, 0.3) is 0 Å². The van der Waals surface area contributed by atoms with E-state index in [0.717, 1.165) is 43.5 Å². The first-order valence-corrected chi connectivity index (χ1v) is 8.25. The molecular weight excluding hydrogens is 262 g/mol. The molecule has 0 saturated carbocycles. The van der Waals surface area contributed by atoms with Crippen molar-refractivity contribution < 1.29 is 0 Å². The summed E-state index contributed by atoms with van der Waals surface area (Å²) in [6, 6.07) is 0. The van der Waals surface area contributed by atoms with E-state index in [-0.39, 0.29) is 0 Å². The van der Waals surface area contributed by atoms with Gasteiger partial charge in [0.05, 0.1) is 0 Å². The Balaban J connectivity index is 1.84. The Morgan fingerprint density at radius 3 is 1.86 bits per heavy atom. The van der Waals surface area contributed by atoms with E-state index < -0.39 is 0 Å². The van der Waals surface area contributed by atoms with Gasteiger partial charge in [0, 0.05) is 26.2 Å². The fourth-order valence-corrected chi connectivity index (χ4v) is 3.64. The summed E-state index contributed by atoms with van der Waals surface area (Å²) < 4.78 is 0. The molecule has 116 valence electrons. The van der Waals surface area contributed by atoms with Gasteiger partial charge in [0.2, 0.25) is 0 Å². The standard InChI is InChI=1S/C16H27N5/c1-12-5-3-7-20(9-12)15-14(17)16(19-11-18-15)21-8-4-6-13(2)10-21/h11-13H,3-10,17H2,1-2H3. The van der Waals surface area contributed by atoms with Gasteiger partial charge >= 0.3 is 0 Å². The number of anilines is 3. The van der Waals surface area contributed by atoms with Gasteiger partial charge < -0.3 is 15.5 Å². The van der Waals surface area contributed by atoms with Gasteiger partial charge in [0.1, 0.15) is 12.0 Å². The summed E-state index contributed by atoms with van der Waals surface area (Å²) in [6.07, 6.45) is 6.73. The monoisotopic (exact) mass is 289 g/mol. The summed E-state index contributed by atoms with van der Waals surface area (Å²) in [7, 11) is 0. The minimum absolute atomic E-state index is 0.714. The van der Waals surface area contributed by atoms with E-state index in [9.17, 15) is 0 Å². The number of piperidine rings is 2. The fourth-order valence-electron chi connectivity index (χ4n) is 3.64. The second-order valence-electron chi connectivity index (χ2n) is 6.82. The van der Waals surface area contributed by atoms with Crippen LogP contribution >= 0.6 is 0 Å². The molecule has 3 rings (SSSR count). The van der Waals surface area contributed by atoms with E-state index in [2.05, 4.69) is 33.6 Å². The lowest BCUT2D eigenvalue weighted by Gasteiger charge is -2.35. The van der Waals surface area contributed by atoms with Crippen LogP contribution in [0.2, 0.25) is 0 Å². The Bertz CT molecular complexity index is 449. The molecule has 5 nitrogen and oxygen atoms in total. The predicted molar refractivity (Wildman–Crippen MR) is 87.7 cm³/mol. The van der Waals surface area contributed by atoms with Crippen molar-refractivity contribution in [1.82, 2.24) is 9.97 Å². The Labute approximate surface area is 127 Å². The minimum Gasteiger partial charge on any atom is -0.393 e. The summed E-state index contributed by atoms with van der Waals surface area (Å²) in [5.74, 6) is 3.30. The van der Waals surface area contributed by atoms with E-state index in [1.54, 1.807) is 6.33 Å². The van der Waals surface area contributed by atoms with Crippen LogP contribution in [0.15, 0.2) is 6.33 Å². The zero-order valence-electron chi connectivity index (χ0n) is 13.3. The quantitative estimate of drug-likeness (QED) is 0.906. The molecule has 0 radical (unpaired) electrons. The van der Waals surface area contributed by atoms with Gasteiger partial charge in [0.25, 0.3) is 0 Å². The second-order valence-corrected chi connectivity index (χ2v) is 6.82. The third kappa shape index (κ3) is 3.06. The number of nitrogens with two attached hydrogens (primary N) is 1. The highest BCUT2D eigenvalue weighted by Gasteiger charge is 2.24. The van der Waals surface area contributed by atoms with Crippen molar-refractivity contribution in [3.63, 3.8) is 0 Å². The number of nitrogens with zero attached hydrogens (tertiary/aromatic N) is 4. The maximum Gasteiger partial charge on any atom is 0.157 e. The third-order valence-corrected chi connectivity index (χ3v) is 4.75. The van der Waals surface area contributed by atoms with E-state index >= 15 is 0 Å². The molecule has 0 bridgehead atoms. The highest BCUT2D eigenvalue weighted by molar-refractivity contribution is 5.75. The number of aromatic nitrogens is 2. The molecule has 2 aliphatic heterocycles. The normalized spacial score (nSPS) is 27.0. The van der Waals surface area contributed by atoms with Gasteiger partial charge in [-0.15, -0.1) is 0 Å². The van der Waals surface area contributed by atoms with Crippen molar-refractivity contribution in [3.8, 4) is 0 Å². The molecule has 21 heavy (non-hydrogen) atoms. The van der Waals surface area contributed by atoms with E-state index in [0.29, 0.717) is 11.8 Å². The summed E-state index contributed by atoms with van der Waals surface area (Å²) in [5, 5.41) is 0. The molecule has 2 aliphatic rings. The molecule has 3 heterocycles. The lowest BCUT2D eigenvalue weighted by atomic mass is 9.99. The van der Waals surface area contributed by atoms with Crippen molar-refractivity contribution in [2.24, 2.45) is 11.8 Å². The van der Waals surface area contributed by atoms with Crippen molar-refractivity contribution in [2.75, 3.05) is 41.7 Å². The molecule has 0 spiro atoms. The van der Waals surface area contributed by atoms with E-state index in [1.807, 2.05) is 0 Å². The largest absolute Gasteiger partial charge is 0.393 e. The van der Waals surface area contributed by atoms with E-state index in [4.69, 9.17) is 5.73 Å². The predicted octanol–water partition coefficient (Wildman–Crippen LogP) is 2.53. The Morgan fingerprint density at radius 2 is 1.43 bits per heavy atom. The average molecular weight is 289 g/mol. The van der Waals surface area contributed by atoms with Crippen molar-refractivity contribution in [3.05, 3.63) is 6.33 Å². The minimum atomic E-state index is 0.714. The smallest absolute Gasteiger partial charge is 0.157 e. The average Bonchev–Trinajstić information content (AvgIpc) is 2.47. The van der Waals surface area contributed by atoms with Crippen LogP contribution in [-0.4, -0.2) is 36.1 Å². The molecule has 0 aliphatic carbocycles. The van der Waals surface area contributed by atoms with E-state index in [1.165, 1.54) is 25.7 Å². The first-order chi connectivity index (χ1) is 10.1. The molecule has 5 heteroatoms. The molecule has 2 saturated heterocycles. The molecule has 2 unspecified atom stereocenters. The van der Waals surface area contributed by atoms with Crippen LogP contribution in [0.3, 0.4) is 0 Å². The Morgan fingerprint density at radius 1 is 0.952 bits per heavy atom. The number of hydrogen-bond acceptors (Lipinski definition) is 5. The van der Waals surface area contributed by atoms with Crippen molar-refractivity contribution >= 4 is 17.3 Å². The number of rotatable bonds is 2. The molecule has 0 amide bonds. The fraction of sp³-hybridized carbons (Fsp3) is 0.750. The molecule has 1 aromatic rings. The van der Waals surface area contributed by atoms with Crippen LogP contribution < -0.4 is 15.5 Å². The highest BCUT2D eigenvalue weighted by Crippen LogP contribution is 2.33. The summed E-state index contributed by atoms with van der Waals surface area (Å²) in [4.78, 5) is 13.6. The SMILES string of the molecule is CC1CCCN(c2ncnc(N3CCCC(C)C3)c2N)C1. The molecule has 0 aromatic carbocycles. The maximum absolute atomic E-state index is 6.43. The van der Waals surface area contributed by atoms with Gasteiger partial charge in [-0.05, 0) is 37.5 Å². The van der Waals surface area contributed by atoms with Crippen LogP contribution in [0.5, 0.6) is 0 Å². The van der Waals surface area contributed by atoms with Crippen LogP contribution in [0.1, 0.15) is 39.5 Å². The first kappa shape index (κ1) is 14.4. The third-order valence-electron chi connectivity index (χ3n) is 4.75.